The molecule has 0 saturated carbocycles. The molecule has 0 aliphatic heterocycles. The van der Waals surface area contributed by atoms with E-state index in [2.05, 4.69) is 10.6 Å². The van der Waals surface area contributed by atoms with E-state index in [4.69, 9.17) is 5.73 Å². The summed E-state index contributed by atoms with van der Waals surface area (Å²) < 4.78 is 0. The van der Waals surface area contributed by atoms with E-state index in [0.29, 0.717) is 12.2 Å². The minimum Gasteiger partial charge on any atom is -0.480 e. The molecule has 0 radical (unpaired) electrons. The second kappa shape index (κ2) is 10.7. The molecule has 0 saturated heterocycles. The summed E-state index contributed by atoms with van der Waals surface area (Å²) in [4.78, 5) is 35.3. The van der Waals surface area contributed by atoms with Crippen molar-refractivity contribution in [1.82, 2.24) is 10.6 Å². The number of aliphatic carboxylic acids is 1. The molecular weight excluding hydrogens is 330 g/mol. The van der Waals surface area contributed by atoms with Crippen LogP contribution in [0.15, 0.2) is 30.3 Å². The summed E-state index contributed by atoms with van der Waals surface area (Å²) in [7, 11) is 0. The lowest BCUT2D eigenvalue weighted by Crippen LogP contribution is -2.53. The van der Waals surface area contributed by atoms with Crippen molar-refractivity contribution in [3.8, 4) is 0 Å². The van der Waals surface area contributed by atoms with E-state index in [-0.39, 0.29) is 13.0 Å². The highest BCUT2D eigenvalue weighted by molar-refractivity contribution is 7.98. The Balaban J connectivity index is 2.81. The molecule has 1 rings (SSSR count). The van der Waals surface area contributed by atoms with Gasteiger partial charge in [0.05, 0.1) is 6.54 Å². The first-order valence-electron chi connectivity index (χ1n) is 7.53. The largest absolute Gasteiger partial charge is 0.480 e. The first kappa shape index (κ1) is 20.0. The molecule has 1 aromatic rings. The SMILES string of the molecule is CSCC[C@H](NC(=O)[C@H](Cc1ccccc1)NC(=O)CN)C(=O)O. The Labute approximate surface area is 145 Å². The van der Waals surface area contributed by atoms with Crippen LogP contribution in [-0.4, -0.2) is 53.5 Å². The van der Waals surface area contributed by atoms with Crippen molar-refractivity contribution in [2.75, 3.05) is 18.6 Å². The lowest BCUT2D eigenvalue weighted by atomic mass is 10.0. The number of carbonyl (C=O) groups excluding carboxylic acids is 2. The number of carboxylic acids is 1. The maximum atomic E-state index is 12.4. The van der Waals surface area contributed by atoms with Gasteiger partial charge < -0.3 is 21.5 Å². The highest BCUT2D eigenvalue weighted by atomic mass is 32.2. The molecule has 0 aliphatic carbocycles. The first-order chi connectivity index (χ1) is 11.5. The number of nitrogens with two attached hydrogens (primary N) is 1. The number of carbonyl (C=O) groups is 3. The van der Waals surface area contributed by atoms with Gasteiger partial charge in [-0.2, -0.15) is 11.8 Å². The molecule has 2 atom stereocenters. The van der Waals surface area contributed by atoms with Gasteiger partial charge in [0, 0.05) is 6.42 Å². The maximum absolute atomic E-state index is 12.4. The second-order valence-electron chi connectivity index (χ2n) is 5.19. The molecule has 0 bridgehead atoms. The summed E-state index contributed by atoms with van der Waals surface area (Å²) in [5.41, 5.74) is 6.14. The summed E-state index contributed by atoms with van der Waals surface area (Å²) >= 11 is 1.50. The van der Waals surface area contributed by atoms with Crippen molar-refractivity contribution in [3.63, 3.8) is 0 Å². The Morgan fingerprint density at radius 1 is 1.17 bits per heavy atom. The normalized spacial score (nSPS) is 12.9. The van der Waals surface area contributed by atoms with Crippen LogP contribution in [0.3, 0.4) is 0 Å². The number of hydrogen-bond donors (Lipinski definition) is 4. The molecular formula is C16H23N3O4S. The molecule has 5 N–H and O–H groups in total. The highest BCUT2D eigenvalue weighted by Crippen LogP contribution is 2.06. The van der Waals surface area contributed by atoms with Crippen LogP contribution in [0.1, 0.15) is 12.0 Å². The zero-order valence-corrected chi connectivity index (χ0v) is 14.3. The smallest absolute Gasteiger partial charge is 0.326 e. The average Bonchev–Trinajstić information content (AvgIpc) is 2.58. The van der Waals surface area contributed by atoms with Gasteiger partial charge in [0.15, 0.2) is 0 Å². The van der Waals surface area contributed by atoms with E-state index in [0.717, 1.165) is 5.56 Å². The van der Waals surface area contributed by atoms with Gasteiger partial charge in [-0.25, -0.2) is 4.79 Å². The molecule has 2 amide bonds. The van der Waals surface area contributed by atoms with Gasteiger partial charge in [-0.1, -0.05) is 30.3 Å². The molecule has 0 heterocycles. The number of thioether (sulfide) groups is 1. The third-order valence-electron chi connectivity index (χ3n) is 3.34. The number of rotatable bonds is 10. The maximum Gasteiger partial charge on any atom is 0.326 e. The van der Waals surface area contributed by atoms with Crippen molar-refractivity contribution in [1.29, 1.82) is 0 Å². The van der Waals surface area contributed by atoms with Gasteiger partial charge in [-0.05, 0) is 24.0 Å². The lowest BCUT2D eigenvalue weighted by molar-refractivity contribution is -0.142. The standard InChI is InChI=1S/C16H23N3O4S/c1-24-8-7-12(16(22)23)19-15(21)13(18-14(20)10-17)9-11-5-3-2-4-6-11/h2-6,12-13H,7-10,17H2,1H3,(H,18,20)(H,19,21)(H,22,23)/t12-,13-/m0/s1. The summed E-state index contributed by atoms with van der Waals surface area (Å²) in [5.74, 6) is -1.49. The number of amides is 2. The predicted octanol–water partition coefficient (Wildman–Crippen LogP) is -0.00490. The van der Waals surface area contributed by atoms with Crippen LogP contribution in [0.4, 0.5) is 0 Å². The van der Waals surface area contributed by atoms with E-state index in [1.54, 1.807) is 0 Å². The minimum absolute atomic E-state index is 0.243. The third-order valence-corrected chi connectivity index (χ3v) is 3.99. The highest BCUT2D eigenvalue weighted by Gasteiger charge is 2.26. The quantitative estimate of drug-likeness (QED) is 0.470. The van der Waals surface area contributed by atoms with Gasteiger partial charge in [0.25, 0.3) is 0 Å². The van der Waals surface area contributed by atoms with Crippen molar-refractivity contribution < 1.29 is 19.5 Å². The molecule has 0 aliphatic rings. The van der Waals surface area contributed by atoms with Gasteiger partial charge >= 0.3 is 5.97 Å². The molecule has 0 unspecified atom stereocenters. The Kier molecular flexibility index (Phi) is 8.88. The molecule has 0 aromatic heterocycles. The Morgan fingerprint density at radius 2 is 1.83 bits per heavy atom. The second-order valence-corrected chi connectivity index (χ2v) is 6.18. The van der Waals surface area contributed by atoms with Crippen molar-refractivity contribution in [3.05, 3.63) is 35.9 Å². The fourth-order valence-electron chi connectivity index (χ4n) is 2.08. The van der Waals surface area contributed by atoms with Crippen LogP contribution < -0.4 is 16.4 Å². The fraction of sp³-hybridized carbons (Fsp3) is 0.438. The predicted molar refractivity (Wildman–Crippen MR) is 93.7 cm³/mol. The molecule has 7 nitrogen and oxygen atoms in total. The molecule has 8 heteroatoms. The van der Waals surface area contributed by atoms with Gasteiger partial charge in [0.1, 0.15) is 12.1 Å². The van der Waals surface area contributed by atoms with E-state index < -0.39 is 29.9 Å². The van der Waals surface area contributed by atoms with Crippen LogP contribution in [0.2, 0.25) is 0 Å². The summed E-state index contributed by atoms with van der Waals surface area (Å²) in [5, 5.41) is 14.3. The Hall–Kier alpha value is -2.06. The Morgan fingerprint density at radius 3 is 2.38 bits per heavy atom. The lowest BCUT2D eigenvalue weighted by Gasteiger charge is -2.21. The molecule has 0 spiro atoms. The Bertz CT molecular complexity index is 554. The van der Waals surface area contributed by atoms with E-state index in [1.807, 2.05) is 36.6 Å². The van der Waals surface area contributed by atoms with Gasteiger partial charge in [-0.15, -0.1) is 0 Å². The van der Waals surface area contributed by atoms with Crippen LogP contribution in [-0.2, 0) is 20.8 Å². The minimum atomic E-state index is -1.10. The van der Waals surface area contributed by atoms with E-state index >= 15 is 0 Å². The van der Waals surface area contributed by atoms with Crippen LogP contribution >= 0.6 is 11.8 Å². The first-order valence-corrected chi connectivity index (χ1v) is 8.92. The van der Waals surface area contributed by atoms with Crippen LogP contribution in [0, 0.1) is 0 Å². The van der Waals surface area contributed by atoms with Crippen LogP contribution in [0.5, 0.6) is 0 Å². The van der Waals surface area contributed by atoms with Crippen molar-refractivity contribution in [2.45, 2.75) is 24.9 Å². The van der Waals surface area contributed by atoms with Crippen LogP contribution in [0.25, 0.3) is 0 Å². The monoisotopic (exact) mass is 353 g/mol. The summed E-state index contributed by atoms with van der Waals surface area (Å²) in [6, 6.07) is 7.30. The van der Waals surface area contributed by atoms with Crippen molar-refractivity contribution in [2.24, 2.45) is 5.73 Å². The molecule has 1 aromatic carbocycles. The zero-order chi connectivity index (χ0) is 17.9. The van der Waals surface area contributed by atoms with Gasteiger partial charge in [0.2, 0.25) is 11.8 Å². The van der Waals surface area contributed by atoms with E-state index in [1.165, 1.54) is 11.8 Å². The third kappa shape index (κ3) is 7.01. The summed E-state index contributed by atoms with van der Waals surface area (Å²) in [6.07, 6.45) is 2.43. The van der Waals surface area contributed by atoms with Crippen molar-refractivity contribution >= 4 is 29.5 Å². The van der Waals surface area contributed by atoms with E-state index in [9.17, 15) is 19.5 Å². The molecule has 132 valence electrons. The summed E-state index contributed by atoms with van der Waals surface area (Å²) in [6.45, 7) is -0.243. The number of hydrogen-bond acceptors (Lipinski definition) is 5. The fourth-order valence-corrected chi connectivity index (χ4v) is 2.55. The number of carboxylic acid groups (broad SMARTS) is 1. The number of nitrogens with one attached hydrogen (secondary N) is 2. The van der Waals surface area contributed by atoms with Gasteiger partial charge in [-0.3, -0.25) is 9.59 Å². The zero-order valence-electron chi connectivity index (χ0n) is 13.5. The topological polar surface area (TPSA) is 122 Å². The molecule has 0 fully saturated rings. The average molecular weight is 353 g/mol. The molecule has 24 heavy (non-hydrogen) atoms. The number of benzene rings is 1.